The maximum atomic E-state index is 12.0. The van der Waals surface area contributed by atoms with Crippen molar-refractivity contribution in [2.45, 2.75) is 13.0 Å². The molecule has 0 aromatic heterocycles. The van der Waals surface area contributed by atoms with E-state index in [0.717, 1.165) is 31.7 Å². The number of nitrogens with one attached hydrogen (secondary N) is 1. The normalized spacial score (nSPS) is 19.5. The highest BCUT2D eigenvalue weighted by Crippen LogP contribution is 2.06. The highest BCUT2D eigenvalue weighted by molar-refractivity contribution is 7.92. The van der Waals surface area contributed by atoms with Crippen LogP contribution in [-0.2, 0) is 10.0 Å². The first-order valence-corrected chi connectivity index (χ1v) is 9.16. The average molecular weight is 323 g/mol. The Morgan fingerprint density at radius 2 is 1.82 bits per heavy atom. The van der Waals surface area contributed by atoms with Gasteiger partial charge in [0, 0.05) is 44.2 Å². The molecule has 1 saturated heterocycles. The molecule has 0 bridgehead atoms. The highest BCUT2D eigenvalue weighted by Gasteiger charge is 2.20. The summed E-state index contributed by atoms with van der Waals surface area (Å²) in [5.74, 6) is 0. The number of nitrogens with zero attached hydrogens (tertiary/aromatic N) is 2. The molecule has 0 radical (unpaired) electrons. The van der Waals surface area contributed by atoms with Gasteiger partial charge in [0.15, 0.2) is 0 Å². The van der Waals surface area contributed by atoms with Crippen molar-refractivity contribution >= 4 is 16.1 Å². The van der Waals surface area contributed by atoms with Crippen molar-refractivity contribution in [3.8, 4) is 0 Å². The van der Waals surface area contributed by atoms with E-state index in [9.17, 15) is 8.42 Å². The minimum absolute atomic E-state index is 0.202. The van der Waals surface area contributed by atoms with Crippen molar-refractivity contribution in [3.05, 3.63) is 41.3 Å². The Bertz CT molecular complexity index is 579. The molecule has 1 aromatic carbocycles. The molecule has 0 saturated carbocycles. The third-order valence-electron chi connectivity index (χ3n) is 3.98. The maximum absolute atomic E-state index is 12.0. The van der Waals surface area contributed by atoms with E-state index in [4.69, 9.17) is 0 Å². The van der Waals surface area contributed by atoms with E-state index in [1.165, 1.54) is 5.41 Å². The summed E-state index contributed by atoms with van der Waals surface area (Å²) in [6, 6.07) is 9.62. The largest absolute Gasteiger partial charge is 0.304 e. The summed E-state index contributed by atoms with van der Waals surface area (Å²) < 4.78 is 26.7. The Kier molecular flexibility index (Phi) is 6.14. The summed E-state index contributed by atoms with van der Waals surface area (Å²) in [7, 11) is -1.28. The van der Waals surface area contributed by atoms with Gasteiger partial charge in [0.1, 0.15) is 0 Å². The molecule has 6 heteroatoms. The third kappa shape index (κ3) is 5.53. The Morgan fingerprint density at radius 3 is 2.45 bits per heavy atom. The number of piperazine rings is 1. The van der Waals surface area contributed by atoms with Crippen LogP contribution < -0.4 is 4.72 Å². The van der Waals surface area contributed by atoms with Crippen LogP contribution in [0.25, 0.3) is 6.08 Å². The molecule has 22 heavy (non-hydrogen) atoms. The topological polar surface area (TPSA) is 52.7 Å². The molecule has 0 amide bonds. The monoisotopic (exact) mass is 323 g/mol. The molecular weight excluding hydrogens is 298 g/mol. The van der Waals surface area contributed by atoms with Crippen molar-refractivity contribution in [2.24, 2.45) is 0 Å². The summed E-state index contributed by atoms with van der Waals surface area (Å²) in [6.45, 7) is 6.54. The minimum atomic E-state index is -3.39. The maximum Gasteiger partial charge on any atom is 0.233 e. The zero-order valence-corrected chi connectivity index (χ0v) is 14.1. The van der Waals surface area contributed by atoms with Crippen molar-refractivity contribution < 1.29 is 8.42 Å². The Labute approximate surface area is 133 Å². The van der Waals surface area contributed by atoms with Gasteiger partial charge in [0.25, 0.3) is 0 Å². The summed E-state index contributed by atoms with van der Waals surface area (Å²) in [4.78, 5) is 4.61. The number of sulfonamides is 1. The lowest BCUT2D eigenvalue weighted by molar-refractivity contribution is 0.120. The summed E-state index contributed by atoms with van der Waals surface area (Å²) >= 11 is 0. The van der Waals surface area contributed by atoms with Gasteiger partial charge in [-0.15, -0.1) is 0 Å². The molecule has 5 nitrogen and oxygen atoms in total. The quantitative estimate of drug-likeness (QED) is 0.855. The molecule has 1 fully saturated rings. The van der Waals surface area contributed by atoms with Crippen molar-refractivity contribution in [1.29, 1.82) is 0 Å². The molecule has 2 rings (SSSR count). The SMILES string of the molecule is C[C@@H](CNS(=O)(=O)/C=C\c1ccccc1)N1CCN(C)CC1. The van der Waals surface area contributed by atoms with Crippen LogP contribution in [0.15, 0.2) is 35.7 Å². The average Bonchev–Trinajstić information content (AvgIpc) is 2.53. The third-order valence-corrected chi connectivity index (χ3v) is 5.04. The van der Waals surface area contributed by atoms with E-state index < -0.39 is 10.0 Å². The number of benzene rings is 1. The Hall–Kier alpha value is -1.21. The fourth-order valence-electron chi connectivity index (χ4n) is 2.41. The van der Waals surface area contributed by atoms with Crippen LogP contribution in [0, 0.1) is 0 Å². The molecule has 0 aliphatic carbocycles. The van der Waals surface area contributed by atoms with Gasteiger partial charge in [-0.1, -0.05) is 30.3 Å². The fraction of sp³-hybridized carbons (Fsp3) is 0.500. The first kappa shape index (κ1) is 17.1. The zero-order chi connectivity index (χ0) is 16.0. The van der Waals surface area contributed by atoms with Crippen LogP contribution in [0.1, 0.15) is 12.5 Å². The van der Waals surface area contributed by atoms with Gasteiger partial charge < -0.3 is 4.90 Å². The van der Waals surface area contributed by atoms with Crippen LogP contribution in [0.3, 0.4) is 0 Å². The van der Waals surface area contributed by atoms with Gasteiger partial charge in [-0.2, -0.15) is 0 Å². The summed E-state index contributed by atoms with van der Waals surface area (Å²) in [5, 5.41) is 1.24. The van der Waals surface area contributed by atoms with Crippen LogP contribution in [0.4, 0.5) is 0 Å². The van der Waals surface area contributed by atoms with Gasteiger partial charge in [-0.05, 0) is 25.6 Å². The van der Waals surface area contributed by atoms with Crippen LogP contribution >= 0.6 is 0 Å². The molecule has 1 aliphatic heterocycles. The second kappa shape index (κ2) is 7.87. The van der Waals surface area contributed by atoms with Crippen molar-refractivity contribution in [1.82, 2.24) is 14.5 Å². The fourth-order valence-corrected chi connectivity index (χ4v) is 3.31. The number of hydrogen-bond acceptors (Lipinski definition) is 4. The minimum Gasteiger partial charge on any atom is -0.304 e. The van der Waals surface area contributed by atoms with Crippen LogP contribution in [0.2, 0.25) is 0 Å². The van der Waals surface area contributed by atoms with E-state index >= 15 is 0 Å². The van der Waals surface area contributed by atoms with E-state index in [0.29, 0.717) is 6.54 Å². The second-order valence-electron chi connectivity index (χ2n) is 5.80. The standard InChI is InChI=1S/C16H25N3O2S/c1-15(19-11-9-18(2)10-12-19)14-17-22(20,21)13-8-16-6-4-3-5-7-16/h3-8,13,15,17H,9-12,14H2,1-2H3/b13-8-/t15-/m0/s1. The van der Waals surface area contributed by atoms with Gasteiger partial charge in [0.2, 0.25) is 10.0 Å². The second-order valence-corrected chi connectivity index (χ2v) is 7.45. The molecule has 1 N–H and O–H groups in total. The first-order valence-electron chi connectivity index (χ1n) is 7.62. The van der Waals surface area contributed by atoms with E-state index in [-0.39, 0.29) is 6.04 Å². The van der Waals surface area contributed by atoms with Crippen molar-refractivity contribution in [3.63, 3.8) is 0 Å². The molecule has 122 valence electrons. The Morgan fingerprint density at radius 1 is 1.18 bits per heavy atom. The summed E-state index contributed by atoms with van der Waals surface area (Å²) in [6.07, 6.45) is 1.61. The Balaban J connectivity index is 1.83. The van der Waals surface area contributed by atoms with Gasteiger partial charge in [-0.25, -0.2) is 13.1 Å². The number of hydrogen-bond donors (Lipinski definition) is 1. The van der Waals surface area contributed by atoms with E-state index in [2.05, 4.69) is 28.5 Å². The van der Waals surface area contributed by atoms with Gasteiger partial charge in [0.05, 0.1) is 0 Å². The number of rotatable bonds is 6. The predicted octanol–water partition coefficient (Wildman–Crippen LogP) is 1.21. The molecule has 0 spiro atoms. The number of likely N-dealkylation sites (N-methyl/N-ethyl adjacent to an activating group) is 1. The van der Waals surface area contributed by atoms with Crippen LogP contribution in [-0.4, -0.2) is 64.0 Å². The first-order chi connectivity index (χ1) is 10.5. The highest BCUT2D eigenvalue weighted by atomic mass is 32.2. The molecule has 1 atom stereocenters. The lowest BCUT2D eigenvalue weighted by Crippen LogP contribution is -2.51. The lowest BCUT2D eigenvalue weighted by Gasteiger charge is -2.36. The van der Waals surface area contributed by atoms with Gasteiger partial charge in [-0.3, -0.25) is 4.90 Å². The molecule has 1 heterocycles. The predicted molar refractivity (Wildman–Crippen MR) is 90.9 cm³/mol. The zero-order valence-electron chi connectivity index (χ0n) is 13.3. The smallest absolute Gasteiger partial charge is 0.233 e. The summed E-state index contributed by atoms with van der Waals surface area (Å²) in [5.41, 5.74) is 0.875. The molecular formula is C16H25N3O2S. The molecule has 0 unspecified atom stereocenters. The van der Waals surface area contributed by atoms with E-state index in [1.54, 1.807) is 6.08 Å². The van der Waals surface area contributed by atoms with Crippen LogP contribution in [0.5, 0.6) is 0 Å². The van der Waals surface area contributed by atoms with Crippen molar-refractivity contribution in [2.75, 3.05) is 39.8 Å². The van der Waals surface area contributed by atoms with E-state index in [1.807, 2.05) is 30.3 Å². The lowest BCUT2D eigenvalue weighted by atomic mass is 10.2. The van der Waals surface area contributed by atoms with Gasteiger partial charge >= 0.3 is 0 Å². The molecule has 1 aliphatic rings. The molecule has 1 aromatic rings.